The maximum atomic E-state index is 12.4. The van der Waals surface area contributed by atoms with Crippen molar-refractivity contribution in [2.24, 2.45) is 28.1 Å². The van der Waals surface area contributed by atoms with Crippen LogP contribution in [0.3, 0.4) is 0 Å². The lowest BCUT2D eigenvalue weighted by molar-refractivity contribution is -0.164. The summed E-state index contributed by atoms with van der Waals surface area (Å²) in [4.78, 5) is 24.4. The lowest BCUT2D eigenvalue weighted by Crippen LogP contribution is -2.60. The smallest absolute Gasteiger partial charge is 0.161 e. The fourth-order valence-electron chi connectivity index (χ4n) is 7.79. The molecule has 4 rings (SSSR count). The van der Waals surface area contributed by atoms with Gasteiger partial charge in [0, 0.05) is 11.8 Å². The molecule has 0 saturated heterocycles. The molecule has 6 atom stereocenters. The van der Waals surface area contributed by atoms with Crippen LogP contribution in [0.25, 0.3) is 0 Å². The number of ketones is 2. The van der Waals surface area contributed by atoms with Gasteiger partial charge in [0.15, 0.2) is 11.6 Å². The van der Waals surface area contributed by atoms with E-state index in [1.54, 1.807) is 6.92 Å². The van der Waals surface area contributed by atoms with Crippen LogP contribution in [0.1, 0.15) is 73.1 Å². The Bertz CT molecular complexity index is 761. The lowest BCUT2D eigenvalue weighted by Gasteiger charge is -2.62. The average molecular weight is 357 g/mol. The van der Waals surface area contributed by atoms with Gasteiger partial charge in [-0.3, -0.25) is 9.59 Å². The SMILES string of the molecule is CC(=O)[C@@]1(O)CC[C@H]2[C@]3(C)C=C(C)C4=CC(=O)CC[C@]4(C)[C@H]3CC[C@@]21C. The van der Waals surface area contributed by atoms with Crippen LogP contribution in [0.5, 0.6) is 0 Å². The van der Waals surface area contributed by atoms with E-state index in [-0.39, 0.29) is 27.8 Å². The van der Waals surface area contributed by atoms with Crippen LogP contribution in [-0.4, -0.2) is 22.3 Å². The van der Waals surface area contributed by atoms with Crippen LogP contribution >= 0.6 is 0 Å². The minimum atomic E-state index is -1.19. The summed E-state index contributed by atoms with van der Waals surface area (Å²) >= 11 is 0. The summed E-state index contributed by atoms with van der Waals surface area (Å²) < 4.78 is 0. The van der Waals surface area contributed by atoms with E-state index in [2.05, 4.69) is 33.8 Å². The average Bonchev–Trinajstić information content (AvgIpc) is 2.83. The summed E-state index contributed by atoms with van der Waals surface area (Å²) in [6.07, 6.45) is 9.21. The Balaban J connectivity index is 1.87. The molecule has 0 radical (unpaired) electrons. The topological polar surface area (TPSA) is 54.4 Å². The van der Waals surface area contributed by atoms with Gasteiger partial charge in [-0.2, -0.15) is 0 Å². The maximum absolute atomic E-state index is 12.4. The van der Waals surface area contributed by atoms with Crippen LogP contribution in [0.2, 0.25) is 0 Å². The van der Waals surface area contributed by atoms with Gasteiger partial charge in [-0.25, -0.2) is 0 Å². The first-order chi connectivity index (χ1) is 12.0. The molecule has 2 saturated carbocycles. The standard InChI is InChI=1S/C23H32O3/c1-14-13-21(4)18(20(3)9-6-16(25)12-17(14)20)7-10-22(5)19(21)8-11-23(22,26)15(2)24/h12-13,18-19,26H,6-11H2,1-5H3/t18-,19+,20+,21-,22+,23+/m1/s1. The molecule has 0 aliphatic heterocycles. The predicted molar refractivity (Wildman–Crippen MR) is 101 cm³/mol. The van der Waals surface area contributed by atoms with E-state index < -0.39 is 5.60 Å². The summed E-state index contributed by atoms with van der Waals surface area (Å²) in [5.74, 6) is 0.941. The minimum Gasteiger partial charge on any atom is -0.382 e. The second-order valence-electron chi connectivity index (χ2n) is 10.2. The van der Waals surface area contributed by atoms with Crippen molar-refractivity contribution in [3.05, 3.63) is 23.3 Å². The van der Waals surface area contributed by atoms with E-state index >= 15 is 0 Å². The Morgan fingerprint density at radius 1 is 1.12 bits per heavy atom. The number of allylic oxidation sites excluding steroid dienone is 4. The monoisotopic (exact) mass is 356 g/mol. The van der Waals surface area contributed by atoms with E-state index in [4.69, 9.17) is 0 Å². The molecule has 0 bridgehead atoms. The normalized spacial score (nSPS) is 50.3. The van der Waals surface area contributed by atoms with Gasteiger partial charge in [-0.15, -0.1) is 0 Å². The summed E-state index contributed by atoms with van der Waals surface area (Å²) in [5.41, 5.74) is 0.903. The first kappa shape index (κ1) is 18.2. The van der Waals surface area contributed by atoms with Crippen LogP contribution in [0, 0.1) is 28.1 Å². The van der Waals surface area contributed by atoms with E-state index in [0.717, 1.165) is 25.7 Å². The number of hydrogen-bond acceptors (Lipinski definition) is 3. The first-order valence-electron chi connectivity index (χ1n) is 10.2. The third-order valence-corrected chi connectivity index (χ3v) is 9.08. The molecule has 0 spiro atoms. The summed E-state index contributed by atoms with van der Waals surface area (Å²) in [6, 6.07) is 0. The van der Waals surface area contributed by atoms with Crippen LogP contribution < -0.4 is 0 Å². The van der Waals surface area contributed by atoms with Gasteiger partial charge in [0.1, 0.15) is 5.60 Å². The predicted octanol–water partition coefficient (Wildman–Crippen LogP) is 4.39. The molecule has 0 heterocycles. The number of Topliss-reactive ketones (excluding diaryl/α,β-unsaturated/α-hetero) is 1. The molecule has 3 heteroatoms. The molecular weight excluding hydrogens is 324 g/mol. The molecule has 0 aromatic heterocycles. The number of aliphatic hydroxyl groups is 1. The third kappa shape index (κ3) is 1.93. The van der Waals surface area contributed by atoms with E-state index in [1.165, 1.54) is 11.1 Å². The highest BCUT2D eigenvalue weighted by Crippen LogP contribution is 2.71. The van der Waals surface area contributed by atoms with Crippen LogP contribution in [0.15, 0.2) is 23.3 Å². The van der Waals surface area contributed by atoms with Crippen LogP contribution in [0.4, 0.5) is 0 Å². The molecule has 3 nitrogen and oxygen atoms in total. The molecule has 0 amide bonds. The van der Waals surface area contributed by atoms with Crippen molar-refractivity contribution >= 4 is 11.6 Å². The van der Waals surface area contributed by atoms with E-state index in [1.807, 2.05) is 6.08 Å². The molecule has 26 heavy (non-hydrogen) atoms. The molecule has 0 aromatic carbocycles. The van der Waals surface area contributed by atoms with E-state index in [0.29, 0.717) is 24.7 Å². The molecule has 4 aliphatic rings. The van der Waals surface area contributed by atoms with Gasteiger partial charge in [0.25, 0.3) is 0 Å². The zero-order valence-electron chi connectivity index (χ0n) is 16.8. The zero-order valence-corrected chi connectivity index (χ0v) is 16.8. The van der Waals surface area contributed by atoms with Gasteiger partial charge >= 0.3 is 0 Å². The Hall–Kier alpha value is -1.22. The van der Waals surface area contributed by atoms with Crippen molar-refractivity contribution in [3.63, 3.8) is 0 Å². The lowest BCUT2D eigenvalue weighted by atomic mass is 9.41. The third-order valence-electron chi connectivity index (χ3n) is 9.08. The number of hydrogen-bond donors (Lipinski definition) is 1. The van der Waals surface area contributed by atoms with Crippen molar-refractivity contribution in [2.45, 2.75) is 78.7 Å². The van der Waals surface area contributed by atoms with Crippen LogP contribution in [-0.2, 0) is 9.59 Å². The Kier molecular flexibility index (Phi) is 3.62. The van der Waals surface area contributed by atoms with Gasteiger partial charge in [-0.05, 0) is 80.3 Å². The largest absolute Gasteiger partial charge is 0.382 e. The Labute approximate surface area is 156 Å². The molecule has 1 N–H and O–H groups in total. The molecule has 2 fully saturated rings. The quantitative estimate of drug-likeness (QED) is 0.758. The van der Waals surface area contributed by atoms with Crippen molar-refractivity contribution < 1.29 is 14.7 Å². The van der Waals surface area contributed by atoms with Gasteiger partial charge < -0.3 is 5.11 Å². The highest BCUT2D eigenvalue weighted by molar-refractivity contribution is 5.92. The molecule has 142 valence electrons. The second kappa shape index (κ2) is 5.19. The first-order valence-corrected chi connectivity index (χ1v) is 10.2. The van der Waals surface area contributed by atoms with E-state index in [9.17, 15) is 14.7 Å². The van der Waals surface area contributed by atoms with Crippen molar-refractivity contribution in [2.75, 3.05) is 0 Å². The summed E-state index contributed by atoms with van der Waals surface area (Å²) in [5, 5.41) is 11.3. The van der Waals surface area contributed by atoms with Gasteiger partial charge in [0.05, 0.1) is 0 Å². The minimum absolute atomic E-state index is 0.0275. The molecule has 0 unspecified atom stereocenters. The van der Waals surface area contributed by atoms with Crippen molar-refractivity contribution in [3.8, 4) is 0 Å². The fraction of sp³-hybridized carbons (Fsp3) is 0.739. The fourth-order valence-corrected chi connectivity index (χ4v) is 7.79. The zero-order chi connectivity index (χ0) is 19.1. The molecular formula is C23H32O3. The Morgan fingerprint density at radius 2 is 1.77 bits per heavy atom. The summed E-state index contributed by atoms with van der Waals surface area (Å²) in [7, 11) is 0. The summed E-state index contributed by atoms with van der Waals surface area (Å²) in [6.45, 7) is 10.5. The van der Waals surface area contributed by atoms with Gasteiger partial charge in [0.2, 0.25) is 0 Å². The number of rotatable bonds is 1. The molecule has 4 aliphatic carbocycles. The number of fused-ring (bicyclic) bond motifs is 5. The maximum Gasteiger partial charge on any atom is 0.161 e. The van der Waals surface area contributed by atoms with Crippen molar-refractivity contribution in [1.82, 2.24) is 0 Å². The highest BCUT2D eigenvalue weighted by Gasteiger charge is 2.68. The van der Waals surface area contributed by atoms with Crippen molar-refractivity contribution in [1.29, 1.82) is 0 Å². The Morgan fingerprint density at radius 3 is 2.42 bits per heavy atom. The molecule has 0 aromatic rings. The second-order valence-corrected chi connectivity index (χ2v) is 10.2. The highest BCUT2D eigenvalue weighted by atomic mass is 16.3. The number of carbonyl (C=O) groups is 2. The van der Waals surface area contributed by atoms with Gasteiger partial charge in [-0.1, -0.05) is 32.4 Å². The number of carbonyl (C=O) groups excluding carboxylic acids is 2.